The number of aromatic nitrogens is 3. The summed E-state index contributed by atoms with van der Waals surface area (Å²) in [6, 6.07) is 19.3. The smallest absolute Gasteiger partial charge is 0.253 e. The second-order valence-electron chi connectivity index (χ2n) is 7.37. The molecule has 4 aromatic rings. The molecule has 0 atom stereocenters. The Hall–Kier alpha value is -2.81. The summed E-state index contributed by atoms with van der Waals surface area (Å²) < 4.78 is 4.94. The van der Waals surface area contributed by atoms with Gasteiger partial charge in [0.25, 0.3) is 5.82 Å². The molecular weight excluding hydrogens is 330 g/mol. The lowest BCUT2D eigenvalue weighted by Crippen LogP contribution is -2.39. The number of rotatable bonds is 6. The highest BCUT2D eigenvalue weighted by Gasteiger charge is 2.22. The molecule has 0 fully saturated rings. The van der Waals surface area contributed by atoms with Crippen molar-refractivity contribution in [2.24, 2.45) is 0 Å². The first-order chi connectivity index (χ1) is 13.1. The monoisotopic (exact) mass is 358 g/mol. The van der Waals surface area contributed by atoms with Crippen LogP contribution in [-0.2, 0) is 25.9 Å². The van der Waals surface area contributed by atoms with Gasteiger partial charge < -0.3 is 4.98 Å². The SMILES string of the molecule is Cc1c(C)[n+](CCc2c[nH]c3ccccc23)c(C)n1CCc1ccccc1. The van der Waals surface area contributed by atoms with Gasteiger partial charge in [0.15, 0.2) is 0 Å². The Bertz CT molecular complexity index is 1050. The summed E-state index contributed by atoms with van der Waals surface area (Å²) in [5.74, 6) is 1.35. The Kier molecular flexibility index (Phi) is 4.85. The zero-order valence-corrected chi connectivity index (χ0v) is 16.5. The van der Waals surface area contributed by atoms with Gasteiger partial charge in [0.1, 0.15) is 11.4 Å². The van der Waals surface area contributed by atoms with E-state index in [0.29, 0.717) is 0 Å². The zero-order valence-electron chi connectivity index (χ0n) is 16.5. The number of para-hydroxylation sites is 1. The molecule has 2 heterocycles. The number of aryl methyl sites for hydroxylation is 2. The number of hydrogen-bond donors (Lipinski definition) is 1. The van der Waals surface area contributed by atoms with Crippen molar-refractivity contribution in [1.82, 2.24) is 9.55 Å². The number of H-pyrrole nitrogens is 1. The first kappa shape index (κ1) is 17.6. The summed E-state index contributed by atoms with van der Waals surface area (Å²) in [6.07, 6.45) is 4.27. The van der Waals surface area contributed by atoms with E-state index in [4.69, 9.17) is 0 Å². The molecule has 0 saturated heterocycles. The molecule has 2 aromatic heterocycles. The number of aromatic amines is 1. The quantitative estimate of drug-likeness (QED) is 0.485. The van der Waals surface area contributed by atoms with Gasteiger partial charge in [-0.2, -0.15) is 0 Å². The zero-order chi connectivity index (χ0) is 18.8. The Morgan fingerprint density at radius 3 is 2.44 bits per heavy atom. The Labute approximate surface area is 161 Å². The van der Waals surface area contributed by atoms with Gasteiger partial charge in [-0.25, -0.2) is 9.13 Å². The van der Waals surface area contributed by atoms with Gasteiger partial charge in [-0.3, -0.25) is 0 Å². The van der Waals surface area contributed by atoms with Crippen LogP contribution in [0, 0.1) is 20.8 Å². The fourth-order valence-electron chi connectivity index (χ4n) is 4.14. The summed E-state index contributed by atoms with van der Waals surface area (Å²) >= 11 is 0. The summed E-state index contributed by atoms with van der Waals surface area (Å²) in [4.78, 5) is 3.39. The average Bonchev–Trinajstić information content (AvgIpc) is 3.19. The fraction of sp³-hybridized carbons (Fsp3) is 0.292. The third kappa shape index (κ3) is 3.42. The van der Waals surface area contributed by atoms with Crippen molar-refractivity contribution in [3.8, 4) is 0 Å². The van der Waals surface area contributed by atoms with E-state index in [1.54, 1.807) is 0 Å². The number of hydrogen-bond acceptors (Lipinski definition) is 0. The Morgan fingerprint density at radius 1 is 0.889 bits per heavy atom. The van der Waals surface area contributed by atoms with Crippen molar-refractivity contribution in [3.63, 3.8) is 0 Å². The number of nitrogens with one attached hydrogen (secondary N) is 1. The van der Waals surface area contributed by atoms with Gasteiger partial charge in [0.2, 0.25) is 0 Å². The summed E-state index contributed by atoms with van der Waals surface area (Å²) in [5.41, 5.74) is 6.77. The van der Waals surface area contributed by atoms with Gasteiger partial charge in [0.05, 0.1) is 13.1 Å². The van der Waals surface area contributed by atoms with E-state index < -0.39 is 0 Å². The van der Waals surface area contributed by atoms with Crippen LogP contribution in [0.25, 0.3) is 10.9 Å². The van der Waals surface area contributed by atoms with Crippen LogP contribution < -0.4 is 4.57 Å². The molecule has 0 aliphatic heterocycles. The molecule has 0 unspecified atom stereocenters. The molecule has 138 valence electrons. The van der Waals surface area contributed by atoms with Crippen LogP contribution >= 0.6 is 0 Å². The lowest BCUT2D eigenvalue weighted by molar-refractivity contribution is -0.707. The molecule has 3 heteroatoms. The molecule has 0 amide bonds. The minimum absolute atomic E-state index is 1.01. The number of benzene rings is 2. The lowest BCUT2D eigenvalue weighted by Gasteiger charge is -2.03. The third-order valence-electron chi connectivity index (χ3n) is 5.86. The molecule has 0 aliphatic rings. The van der Waals surface area contributed by atoms with E-state index >= 15 is 0 Å². The van der Waals surface area contributed by atoms with Crippen molar-refractivity contribution in [2.75, 3.05) is 0 Å². The second kappa shape index (κ2) is 7.43. The predicted octanol–water partition coefficient (Wildman–Crippen LogP) is 4.67. The van der Waals surface area contributed by atoms with Crippen LogP contribution in [0.15, 0.2) is 60.8 Å². The van der Waals surface area contributed by atoms with Crippen molar-refractivity contribution in [2.45, 2.75) is 46.7 Å². The molecule has 1 N–H and O–H groups in total. The van der Waals surface area contributed by atoms with Gasteiger partial charge in [-0.05, 0) is 17.2 Å². The van der Waals surface area contributed by atoms with Gasteiger partial charge in [-0.15, -0.1) is 0 Å². The normalized spacial score (nSPS) is 11.4. The third-order valence-corrected chi connectivity index (χ3v) is 5.86. The molecule has 4 rings (SSSR count). The van der Waals surface area contributed by atoms with Crippen LogP contribution in [0.2, 0.25) is 0 Å². The van der Waals surface area contributed by atoms with Crippen LogP contribution in [-0.4, -0.2) is 9.55 Å². The van der Waals surface area contributed by atoms with Crippen molar-refractivity contribution >= 4 is 10.9 Å². The summed E-state index contributed by atoms with van der Waals surface area (Å²) in [5, 5.41) is 1.34. The predicted molar refractivity (Wildman–Crippen MR) is 111 cm³/mol. The standard InChI is InChI=1S/C24H28N3/c1-18-19(2)27(16-14-22-17-25-24-12-8-7-11-23(22)24)20(3)26(18)15-13-21-9-5-4-6-10-21/h4-12,17,25H,13-16H2,1-3H3/q+1. The molecule has 2 aromatic carbocycles. The number of fused-ring (bicyclic) bond motifs is 1. The van der Waals surface area contributed by atoms with Crippen molar-refractivity contribution in [3.05, 3.63) is 89.1 Å². The molecule has 0 aliphatic carbocycles. The highest BCUT2D eigenvalue weighted by Crippen LogP contribution is 2.18. The van der Waals surface area contributed by atoms with E-state index in [9.17, 15) is 0 Å². The maximum absolute atomic E-state index is 3.39. The van der Waals surface area contributed by atoms with Crippen molar-refractivity contribution < 1.29 is 4.57 Å². The van der Waals surface area contributed by atoms with Crippen LogP contribution in [0.3, 0.4) is 0 Å². The van der Waals surface area contributed by atoms with Crippen molar-refractivity contribution in [1.29, 1.82) is 0 Å². The molecule has 0 radical (unpaired) electrons. The fourth-order valence-corrected chi connectivity index (χ4v) is 4.14. The number of imidazole rings is 1. The van der Waals surface area contributed by atoms with Gasteiger partial charge in [0, 0.05) is 50.7 Å². The van der Waals surface area contributed by atoms with Crippen LogP contribution in [0.4, 0.5) is 0 Å². The maximum Gasteiger partial charge on any atom is 0.253 e. The van der Waals surface area contributed by atoms with E-state index in [2.05, 4.69) is 95.7 Å². The summed E-state index contributed by atoms with van der Waals surface area (Å²) in [6.45, 7) is 8.79. The Balaban J connectivity index is 1.53. The largest absolute Gasteiger partial charge is 0.361 e. The molecule has 0 bridgehead atoms. The second-order valence-corrected chi connectivity index (χ2v) is 7.37. The van der Waals surface area contributed by atoms with Crippen LogP contribution in [0.1, 0.15) is 28.3 Å². The average molecular weight is 359 g/mol. The minimum Gasteiger partial charge on any atom is -0.361 e. The van der Waals surface area contributed by atoms with Crippen LogP contribution in [0.5, 0.6) is 0 Å². The highest BCUT2D eigenvalue weighted by molar-refractivity contribution is 5.82. The van der Waals surface area contributed by atoms with E-state index in [1.165, 1.54) is 39.2 Å². The topological polar surface area (TPSA) is 24.6 Å². The van der Waals surface area contributed by atoms with Gasteiger partial charge >= 0.3 is 0 Å². The first-order valence-electron chi connectivity index (χ1n) is 9.80. The Morgan fingerprint density at radius 2 is 1.63 bits per heavy atom. The minimum atomic E-state index is 1.01. The van der Waals surface area contributed by atoms with E-state index in [1.807, 2.05) is 0 Å². The molecule has 27 heavy (non-hydrogen) atoms. The van der Waals surface area contributed by atoms with E-state index in [0.717, 1.165) is 25.9 Å². The molecular formula is C24H28N3+. The molecule has 0 saturated carbocycles. The molecule has 3 nitrogen and oxygen atoms in total. The van der Waals surface area contributed by atoms with Gasteiger partial charge in [-0.1, -0.05) is 48.5 Å². The lowest BCUT2D eigenvalue weighted by atomic mass is 10.1. The summed E-state index contributed by atoms with van der Waals surface area (Å²) in [7, 11) is 0. The highest BCUT2D eigenvalue weighted by atomic mass is 15.2. The first-order valence-corrected chi connectivity index (χ1v) is 9.80. The number of nitrogens with zero attached hydrogens (tertiary/aromatic N) is 2. The van der Waals surface area contributed by atoms with E-state index in [-0.39, 0.29) is 0 Å². The molecule has 0 spiro atoms. The maximum atomic E-state index is 3.39.